The summed E-state index contributed by atoms with van der Waals surface area (Å²) in [4.78, 5) is 0. The zero-order chi connectivity index (χ0) is 17.8. The highest BCUT2D eigenvalue weighted by Gasteiger charge is 2.33. The van der Waals surface area contributed by atoms with E-state index in [1.54, 1.807) is 14.2 Å². The fourth-order valence-corrected chi connectivity index (χ4v) is 3.39. The van der Waals surface area contributed by atoms with Gasteiger partial charge in [0.2, 0.25) is 0 Å². The van der Waals surface area contributed by atoms with Crippen LogP contribution in [0.3, 0.4) is 0 Å². The highest BCUT2D eigenvalue weighted by molar-refractivity contribution is 5.88. The Morgan fingerprint density at radius 3 is 1.92 bits per heavy atom. The van der Waals surface area contributed by atoms with Crippen molar-refractivity contribution in [3.05, 3.63) is 59.7 Å². The van der Waals surface area contributed by atoms with Gasteiger partial charge in [-0.2, -0.15) is 0 Å². The molecule has 0 bridgehead atoms. The van der Waals surface area contributed by atoms with Crippen LogP contribution < -0.4 is 14.8 Å². The third-order valence-electron chi connectivity index (χ3n) is 4.94. The first-order valence-corrected chi connectivity index (χ1v) is 8.41. The first-order chi connectivity index (χ1) is 12.2. The molecule has 0 saturated carbocycles. The van der Waals surface area contributed by atoms with Crippen molar-refractivity contribution in [2.75, 3.05) is 14.2 Å². The predicted octanol–water partition coefficient (Wildman–Crippen LogP) is 3.95. The summed E-state index contributed by atoms with van der Waals surface area (Å²) in [5.74, 6) is 1.76. The largest absolute Gasteiger partial charge is 0.497 e. The van der Waals surface area contributed by atoms with Crippen molar-refractivity contribution in [3.8, 4) is 11.5 Å². The van der Waals surface area contributed by atoms with Crippen LogP contribution in [-0.2, 0) is 0 Å². The van der Waals surface area contributed by atoms with Crippen LogP contribution in [0.15, 0.2) is 53.7 Å². The van der Waals surface area contributed by atoms with Crippen molar-refractivity contribution in [2.24, 2.45) is 11.1 Å². The number of hydrogen-bond acceptors (Lipinski definition) is 5. The van der Waals surface area contributed by atoms with Crippen LogP contribution in [0.1, 0.15) is 36.6 Å². The Labute approximate surface area is 148 Å². The van der Waals surface area contributed by atoms with Crippen molar-refractivity contribution in [2.45, 2.75) is 25.4 Å². The molecule has 0 unspecified atom stereocenters. The molecule has 1 heterocycles. The summed E-state index contributed by atoms with van der Waals surface area (Å²) in [5, 5.41) is 16.8. The third-order valence-corrected chi connectivity index (χ3v) is 4.94. The smallest absolute Gasteiger partial charge is 0.118 e. The Balaban J connectivity index is 1.88. The van der Waals surface area contributed by atoms with Gasteiger partial charge in [-0.1, -0.05) is 36.3 Å². The van der Waals surface area contributed by atoms with E-state index >= 15 is 0 Å². The number of oxime groups is 1. The maximum absolute atomic E-state index is 9.48. The fourth-order valence-electron chi connectivity index (χ4n) is 3.39. The molecule has 0 spiro atoms. The average Bonchev–Trinajstić information content (AvgIpc) is 2.68. The Kier molecular flexibility index (Phi) is 5.24. The molecule has 0 aromatic heterocycles. The number of piperidine rings is 1. The van der Waals surface area contributed by atoms with Gasteiger partial charge in [0.15, 0.2) is 0 Å². The Bertz CT molecular complexity index is 726. The normalized spacial score (nSPS) is 24.9. The number of ether oxygens (including phenoxy) is 2. The molecule has 0 radical (unpaired) electrons. The predicted molar refractivity (Wildman–Crippen MR) is 97.6 cm³/mol. The summed E-state index contributed by atoms with van der Waals surface area (Å²) in [6.07, 6.45) is 0.677. The Morgan fingerprint density at radius 2 is 1.44 bits per heavy atom. The number of nitrogens with zero attached hydrogens (tertiary/aromatic N) is 1. The molecule has 2 aromatic carbocycles. The fraction of sp³-hybridized carbons (Fsp3) is 0.350. The van der Waals surface area contributed by atoms with E-state index < -0.39 is 0 Å². The summed E-state index contributed by atoms with van der Waals surface area (Å²) < 4.78 is 10.5. The van der Waals surface area contributed by atoms with Crippen molar-refractivity contribution < 1.29 is 14.7 Å². The number of benzene rings is 2. The lowest BCUT2D eigenvalue weighted by Gasteiger charge is -2.37. The zero-order valence-corrected chi connectivity index (χ0v) is 14.8. The molecule has 3 atom stereocenters. The van der Waals surface area contributed by atoms with E-state index in [-0.39, 0.29) is 18.0 Å². The van der Waals surface area contributed by atoms with E-state index in [0.717, 1.165) is 28.3 Å². The van der Waals surface area contributed by atoms with Crippen molar-refractivity contribution in [1.29, 1.82) is 0 Å². The molecule has 1 fully saturated rings. The molecule has 5 nitrogen and oxygen atoms in total. The second-order valence-corrected chi connectivity index (χ2v) is 6.33. The molecule has 132 valence electrons. The maximum Gasteiger partial charge on any atom is 0.118 e. The van der Waals surface area contributed by atoms with E-state index in [4.69, 9.17) is 9.47 Å². The molecule has 0 aliphatic carbocycles. The van der Waals surface area contributed by atoms with Gasteiger partial charge in [-0.15, -0.1) is 0 Å². The van der Waals surface area contributed by atoms with Gasteiger partial charge in [0.05, 0.1) is 19.9 Å². The molecule has 3 rings (SSSR count). The molecule has 2 N–H and O–H groups in total. The lowest BCUT2D eigenvalue weighted by Crippen LogP contribution is -2.41. The molecule has 1 aliphatic heterocycles. The number of nitrogens with one attached hydrogen (secondary N) is 1. The molecule has 5 heteroatoms. The van der Waals surface area contributed by atoms with Gasteiger partial charge >= 0.3 is 0 Å². The van der Waals surface area contributed by atoms with Gasteiger partial charge in [0, 0.05) is 24.4 Å². The second-order valence-electron chi connectivity index (χ2n) is 6.33. The minimum Gasteiger partial charge on any atom is -0.497 e. The molecule has 1 aliphatic rings. The number of hydrogen-bond donors (Lipinski definition) is 2. The topological polar surface area (TPSA) is 63.1 Å². The highest BCUT2D eigenvalue weighted by atomic mass is 16.5. The van der Waals surface area contributed by atoms with Gasteiger partial charge in [-0.25, -0.2) is 0 Å². The van der Waals surface area contributed by atoms with E-state index in [2.05, 4.69) is 29.5 Å². The Morgan fingerprint density at radius 1 is 0.920 bits per heavy atom. The summed E-state index contributed by atoms with van der Waals surface area (Å²) in [6, 6.07) is 16.2. The average molecular weight is 340 g/mol. The zero-order valence-electron chi connectivity index (χ0n) is 14.8. The summed E-state index contributed by atoms with van der Waals surface area (Å²) >= 11 is 0. The van der Waals surface area contributed by atoms with Crippen LogP contribution in [0.5, 0.6) is 11.5 Å². The first kappa shape index (κ1) is 17.3. The van der Waals surface area contributed by atoms with Gasteiger partial charge in [-0.05, 0) is 35.4 Å². The van der Waals surface area contributed by atoms with Crippen LogP contribution in [0.2, 0.25) is 0 Å². The van der Waals surface area contributed by atoms with Crippen LogP contribution >= 0.6 is 0 Å². The van der Waals surface area contributed by atoms with Crippen LogP contribution in [-0.4, -0.2) is 25.1 Å². The summed E-state index contributed by atoms with van der Waals surface area (Å²) in [7, 11) is 3.32. The van der Waals surface area contributed by atoms with Crippen molar-refractivity contribution >= 4 is 5.71 Å². The van der Waals surface area contributed by atoms with Crippen molar-refractivity contribution in [3.63, 3.8) is 0 Å². The molecule has 2 aromatic rings. The Hall–Kier alpha value is -2.53. The number of rotatable bonds is 4. The van der Waals surface area contributed by atoms with Crippen LogP contribution in [0.4, 0.5) is 0 Å². The van der Waals surface area contributed by atoms with E-state index in [9.17, 15) is 5.21 Å². The molecule has 25 heavy (non-hydrogen) atoms. The maximum atomic E-state index is 9.48. The quantitative estimate of drug-likeness (QED) is 0.653. The summed E-state index contributed by atoms with van der Waals surface area (Å²) in [6.45, 7) is 2.08. The van der Waals surface area contributed by atoms with Gasteiger partial charge in [0.25, 0.3) is 0 Å². The molecular formula is C20H24N2O3. The first-order valence-electron chi connectivity index (χ1n) is 8.41. The van der Waals surface area contributed by atoms with E-state index in [1.807, 2.05) is 36.4 Å². The third kappa shape index (κ3) is 3.61. The standard InChI is InChI=1S/C20H24N2O3/c1-13-18(22-23)12-19(14-4-8-16(24-2)9-5-14)21-20(13)15-6-10-17(25-3)11-7-15/h4-11,13,19-21,23H,12H2,1-3H3/b22-18+/t13-,19+,20-/m0/s1. The molecule has 1 saturated heterocycles. The minimum atomic E-state index is 0.0673. The van der Waals surface area contributed by atoms with E-state index in [1.165, 1.54) is 0 Å². The monoisotopic (exact) mass is 340 g/mol. The second kappa shape index (κ2) is 7.57. The minimum absolute atomic E-state index is 0.0673. The van der Waals surface area contributed by atoms with Crippen molar-refractivity contribution in [1.82, 2.24) is 5.32 Å². The lowest BCUT2D eigenvalue weighted by molar-refractivity contribution is 0.294. The highest BCUT2D eigenvalue weighted by Crippen LogP contribution is 2.36. The van der Waals surface area contributed by atoms with Crippen LogP contribution in [0.25, 0.3) is 0 Å². The van der Waals surface area contributed by atoms with Gasteiger partial charge in [-0.3, -0.25) is 0 Å². The number of methoxy groups -OCH3 is 2. The molecule has 0 amide bonds. The van der Waals surface area contributed by atoms with Gasteiger partial charge in [0.1, 0.15) is 11.5 Å². The SMILES string of the molecule is COc1ccc([C@H]2N[C@@H](c3ccc(OC)cc3)C/C(=N\O)[C@@H]2C)cc1. The van der Waals surface area contributed by atoms with Gasteiger partial charge < -0.3 is 20.0 Å². The summed E-state index contributed by atoms with van der Waals surface area (Å²) in [5.41, 5.74) is 3.10. The van der Waals surface area contributed by atoms with E-state index in [0.29, 0.717) is 6.42 Å². The lowest BCUT2D eigenvalue weighted by atomic mass is 9.81. The molecular weight excluding hydrogens is 316 g/mol. The van der Waals surface area contributed by atoms with Crippen LogP contribution in [0, 0.1) is 5.92 Å².